The van der Waals surface area contributed by atoms with Crippen molar-refractivity contribution in [1.29, 1.82) is 0 Å². The van der Waals surface area contributed by atoms with Crippen LogP contribution < -0.4 is 10.2 Å². The Morgan fingerprint density at radius 1 is 1.19 bits per heavy atom. The lowest BCUT2D eigenvalue weighted by atomic mass is 9.97. The van der Waals surface area contributed by atoms with Gasteiger partial charge in [-0.1, -0.05) is 0 Å². The number of carbonyl (C=O) groups excluding carboxylic acids is 1. The second kappa shape index (κ2) is 6.82. The summed E-state index contributed by atoms with van der Waals surface area (Å²) < 4.78 is 41.0. The molecular weight excluding hydrogens is 363 g/mol. The van der Waals surface area contributed by atoms with Gasteiger partial charge in [-0.3, -0.25) is 4.79 Å². The van der Waals surface area contributed by atoms with Crippen LogP contribution in [0.4, 0.5) is 24.7 Å². The minimum atomic E-state index is -1.57. The molecule has 1 fully saturated rings. The monoisotopic (exact) mass is 377 g/mol. The SMILES string of the molecule is O=C(Nc1cc(F)c(F)c(F)c1)[C@@H]1CCCN(c2ccc3nnnn3n2)C1. The number of tetrazole rings is 1. The number of halogens is 3. The summed E-state index contributed by atoms with van der Waals surface area (Å²) in [5.41, 5.74) is 0.382. The zero-order chi connectivity index (χ0) is 19.0. The van der Waals surface area contributed by atoms with Gasteiger partial charge in [0.2, 0.25) is 5.91 Å². The smallest absolute Gasteiger partial charge is 0.229 e. The quantitative estimate of drug-likeness (QED) is 0.700. The third-order valence-electron chi connectivity index (χ3n) is 4.42. The summed E-state index contributed by atoms with van der Waals surface area (Å²) in [6.45, 7) is 1.07. The van der Waals surface area contributed by atoms with E-state index in [0.29, 0.717) is 31.0 Å². The van der Waals surface area contributed by atoms with Gasteiger partial charge in [0.25, 0.3) is 0 Å². The van der Waals surface area contributed by atoms with Gasteiger partial charge in [0.05, 0.1) is 5.92 Å². The molecule has 11 heteroatoms. The zero-order valence-corrected chi connectivity index (χ0v) is 13.9. The molecule has 1 atom stereocenters. The molecule has 2 aromatic heterocycles. The van der Waals surface area contributed by atoms with Crippen molar-refractivity contribution in [2.75, 3.05) is 23.3 Å². The van der Waals surface area contributed by atoms with Crippen LogP contribution in [0.5, 0.6) is 0 Å². The van der Waals surface area contributed by atoms with Crippen LogP contribution in [-0.4, -0.2) is 44.3 Å². The molecule has 0 spiro atoms. The number of aromatic nitrogens is 5. The average Bonchev–Trinajstić information content (AvgIpc) is 3.14. The molecule has 1 aromatic carbocycles. The van der Waals surface area contributed by atoms with Crippen LogP contribution >= 0.6 is 0 Å². The minimum absolute atomic E-state index is 0.123. The number of hydrogen-bond donors (Lipinski definition) is 1. The molecule has 8 nitrogen and oxygen atoms in total. The van der Waals surface area contributed by atoms with E-state index in [1.54, 1.807) is 12.1 Å². The second-order valence-corrected chi connectivity index (χ2v) is 6.25. The van der Waals surface area contributed by atoms with Gasteiger partial charge >= 0.3 is 0 Å². The van der Waals surface area contributed by atoms with Gasteiger partial charge in [-0.2, -0.15) is 0 Å². The molecule has 27 heavy (non-hydrogen) atoms. The largest absolute Gasteiger partial charge is 0.354 e. The lowest BCUT2D eigenvalue weighted by Crippen LogP contribution is -2.41. The number of benzene rings is 1. The number of piperidine rings is 1. The van der Waals surface area contributed by atoms with Crippen molar-refractivity contribution in [2.24, 2.45) is 5.92 Å². The molecule has 0 radical (unpaired) electrons. The van der Waals surface area contributed by atoms with Gasteiger partial charge < -0.3 is 10.2 Å². The molecule has 3 aromatic rings. The molecule has 1 aliphatic rings. The first-order valence-corrected chi connectivity index (χ1v) is 8.27. The van der Waals surface area contributed by atoms with Crippen LogP contribution in [0.3, 0.4) is 0 Å². The fourth-order valence-electron chi connectivity index (χ4n) is 3.08. The van der Waals surface area contributed by atoms with Crippen molar-refractivity contribution in [3.63, 3.8) is 0 Å². The van der Waals surface area contributed by atoms with Gasteiger partial charge in [-0.25, -0.2) is 13.2 Å². The second-order valence-electron chi connectivity index (χ2n) is 6.25. The molecule has 1 N–H and O–H groups in total. The van der Waals surface area contributed by atoms with E-state index in [1.165, 1.54) is 4.63 Å². The molecule has 0 bridgehead atoms. The van der Waals surface area contributed by atoms with E-state index in [-0.39, 0.29) is 5.69 Å². The number of hydrogen-bond acceptors (Lipinski definition) is 6. The van der Waals surface area contributed by atoms with Crippen LogP contribution in [0.2, 0.25) is 0 Å². The predicted octanol–water partition coefficient (Wildman–Crippen LogP) is 1.79. The number of amides is 1. The maximum atomic E-state index is 13.3. The summed E-state index contributed by atoms with van der Waals surface area (Å²) in [4.78, 5) is 14.4. The van der Waals surface area contributed by atoms with E-state index < -0.39 is 29.3 Å². The summed E-state index contributed by atoms with van der Waals surface area (Å²) in [5.74, 6) is -4.47. The summed E-state index contributed by atoms with van der Waals surface area (Å²) in [7, 11) is 0. The van der Waals surface area contributed by atoms with Crippen molar-refractivity contribution in [3.05, 3.63) is 41.7 Å². The van der Waals surface area contributed by atoms with E-state index in [0.717, 1.165) is 18.6 Å². The third kappa shape index (κ3) is 3.39. The first-order valence-electron chi connectivity index (χ1n) is 8.27. The Kier molecular flexibility index (Phi) is 4.34. The van der Waals surface area contributed by atoms with E-state index >= 15 is 0 Å². The Hall–Kier alpha value is -3.24. The number of anilines is 2. The molecule has 4 rings (SSSR count). The minimum Gasteiger partial charge on any atom is -0.354 e. The summed E-state index contributed by atoms with van der Waals surface area (Å²) in [5, 5.41) is 17.8. The fraction of sp³-hybridized carbons (Fsp3) is 0.312. The Morgan fingerprint density at radius 2 is 1.96 bits per heavy atom. The van der Waals surface area contributed by atoms with Crippen molar-refractivity contribution in [1.82, 2.24) is 25.3 Å². The fourth-order valence-corrected chi connectivity index (χ4v) is 3.08. The molecule has 3 heterocycles. The topological polar surface area (TPSA) is 88.3 Å². The highest BCUT2D eigenvalue weighted by Gasteiger charge is 2.27. The van der Waals surface area contributed by atoms with Crippen LogP contribution in [0.25, 0.3) is 5.65 Å². The highest BCUT2D eigenvalue weighted by Crippen LogP contribution is 2.24. The maximum Gasteiger partial charge on any atom is 0.229 e. The van der Waals surface area contributed by atoms with Crippen molar-refractivity contribution < 1.29 is 18.0 Å². The van der Waals surface area contributed by atoms with Gasteiger partial charge in [0, 0.05) is 30.9 Å². The van der Waals surface area contributed by atoms with Crippen LogP contribution in [0.1, 0.15) is 12.8 Å². The molecular formula is C16H14F3N7O. The van der Waals surface area contributed by atoms with Crippen molar-refractivity contribution >= 4 is 23.1 Å². The van der Waals surface area contributed by atoms with Gasteiger partial charge in [0.1, 0.15) is 0 Å². The standard InChI is InChI=1S/C16H14F3N7O/c17-11-6-10(7-12(18)15(11)19)20-16(27)9-2-1-5-25(8-9)14-4-3-13-21-23-24-26(13)22-14/h3-4,6-7,9H,1-2,5,8H2,(H,20,27)/t9-/m1/s1. The number of nitrogens with zero attached hydrogens (tertiary/aromatic N) is 6. The number of fused-ring (bicyclic) bond motifs is 1. The van der Waals surface area contributed by atoms with Gasteiger partial charge in [0.15, 0.2) is 28.9 Å². The summed E-state index contributed by atoms with van der Waals surface area (Å²) in [6, 6.07) is 4.99. The van der Waals surface area contributed by atoms with E-state index in [2.05, 4.69) is 25.9 Å². The van der Waals surface area contributed by atoms with Crippen LogP contribution in [0.15, 0.2) is 24.3 Å². The maximum absolute atomic E-state index is 13.3. The van der Waals surface area contributed by atoms with Crippen molar-refractivity contribution in [3.8, 4) is 0 Å². The Labute approximate surface area is 151 Å². The predicted molar refractivity (Wildman–Crippen MR) is 88.5 cm³/mol. The molecule has 0 saturated carbocycles. The van der Waals surface area contributed by atoms with E-state index in [1.807, 2.05) is 4.90 Å². The Bertz CT molecular complexity index is 986. The molecule has 1 aliphatic heterocycles. The highest BCUT2D eigenvalue weighted by atomic mass is 19.2. The highest BCUT2D eigenvalue weighted by molar-refractivity contribution is 5.93. The Morgan fingerprint density at radius 3 is 2.74 bits per heavy atom. The first-order chi connectivity index (χ1) is 13.0. The first kappa shape index (κ1) is 17.2. The molecule has 140 valence electrons. The number of rotatable bonds is 3. The lowest BCUT2D eigenvalue weighted by molar-refractivity contribution is -0.120. The third-order valence-corrected chi connectivity index (χ3v) is 4.42. The van der Waals surface area contributed by atoms with Crippen LogP contribution in [-0.2, 0) is 4.79 Å². The normalized spacial score (nSPS) is 17.3. The molecule has 1 saturated heterocycles. The zero-order valence-electron chi connectivity index (χ0n) is 13.9. The van der Waals surface area contributed by atoms with Gasteiger partial charge in [-0.05, 0) is 35.4 Å². The van der Waals surface area contributed by atoms with Crippen LogP contribution in [0, 0.1) is 23.4 Å². The van der Waals surface area contributed by atoms with E-state index in [4.69, 9.17) is 0 Å². The molecule has 1 amide bonds. The average molecular weight is 377 g/mol. The summed E-state index contributed by atoms with van der Waals surface area (Å²) >= 11 is 0. The lowest BCUT2D eigenvalue weighted by Gasteiger charge is -2.32. The molecule has 0 aliphatic carbocycles. The molecule has 0 unspecified atom stereocenters. The van der Waals surface area contributed by atoms with Crippen molar-refractivity contribution in [2.45, 2.75) is 12.8 Å². The Balaban J connectivity index is 1.48. The van der Waals surface area contributed by atoms with E-state index in [9.17, 15) is 18.0 Å². The number of carbonyl (C=O) groups is 1. The summed E-state index contributed by atoms with van der Waals surface area (Å²) in [6.07, 6.45) is 1.35. The number of nitrogens with one attached hydrogen (secondary N) is 1. The van der Waals surface area contributed by atoms with Gasteiger partial charge in [-0.15, -0.1) is 14.8 Å².